The van der Waals surface area contributed by atoms with Gasteiger partial charge in [-0.25, -0.2) is 4.79 Å². The number of alkyl halides is 2. The molecule has 1 aromatic rings. The fraction of sp³-hybridized carbons (Fsp3) is 0.400. The van der Waals surface area contributed by atoms with E-state index < -0.39 is 17.3 Å². The van der Waals surface area contributed by atoms with Crippen LogP contribution in [0.4, 0.5) is 8.78 Å². The lowest BCUT2D eigenvalue weighted by molar-refractivity contribution is 0.0131. The van der Waals surface area contributed by atoms with Gasteiger partial charge in [-0.3, -0.25) is 0 Å². The summed E-state index contributed by atoms with van der Waals surface area (Å²) in [6.07, 6.45) is 0.961. The van der Waals surface area contributed by atoms with E-state index >= 15 is 0 Å². The summed E-state index contributed by atoms with van der Waals surface area (Å²) in [6, 6.07) is 0. The Bertz CT molecular complexity index is 270. The van der Waals surface area contributed by atoms with Crippen LogP contribution in [0.5, 0.6) is 0 Å². The molecule has 0 amide bonds. The van der Waals surface area contributed by atoms with Gasteiger partial charge in [0.05, 0.1) is 0 Å². The average Bonchev–Trinajstić information content (AvgIpc) is 2.11. The molecule has 0 spiro atoms. The molecule has 3 nitrogen and oxygen atoms in total. The van der Waals surface area contributed by atoms with E-state index in [4.69, 9.17) is 0 Å². The highest BCUT2D eigenvalue weighted by Gasteiger charge is 2.25. The van der Waals surface area contributed by atoms with Crippen molar-refractivity contribution in [2.45, 2.75) is 12.8 Å². The molecule has 0 aliphatic heterocycles. The smallest absolute Gasteiger partial charge is 0.312 e. The van der Waals surface area contributed by atoms with Crippen molar-refractivity contribution in [3.05, 3.63) is 22.4 Å². The molecule has 5 heteroatoms. The van der Waals surface area contributed by atoms with Crippen LogP contribution < -0.4 is 5.69 Å². The summed E-state index contributed by atoms with van der Waals surface area (Å²) in [7, 11) is 0. The highest BCUT2D eigenvalue weighted by molar-refractivity contribution is 5.01. The summed E-state index contributed by atoms with van der Waals surface area (Å²) in [5, 5.41) is 0. The van der Waals surface area contributed by atoms with Crippen molar-refractivity contribution < 1.29 is 8.78 Å². The Kier molecular flexibility index (Phi) is 1.35. The van der Waals surface area contributed by atoms with Gasteiger partial charge in [0.1, 0.15) is 5.69 Å². The van der Waals surface area contributed by atoms with Crippen molar-refractivity contribution in [3.8, 4) is 0 Å². The van der Waals surface area contributed by atoms with E-state index in [1.165, 1.54) is 0 Å². The molecule has 10 heavy (non-hydrogen) atoms. The van der Waals surface area contributed by atoms with E-state index in [2.05, 4.69) is 4.98 Å². The van der Waals surface area contributed by atoms with Crippen molar-refractivity contribution in [1.82, 2.24) is 9.97 Å². The summed E-state index contributed by atoms with van der Waals surface area (Å²) in [5.74, 6) is -2.97. The molecule has 0 aliphatic rings. The van der Waals surface area contributed by atoms with Crippen LogP contribution in [-0.4, -0.2) is 9.97 Å². The van der Waals surface area contributed by atoms with Crippen LogP contribution in [0.2, 0.25) is 0 Å². The van der Waals surface area contributed by atoms with Crippen molar-refractivity contribution in [1.29, 1.82) is 0 Å². The Morgan fingerprint density at radius 3 is 2.40 bits per heavy atom. The van der Waals surface area contributed by atoms with E-state index in [1.54, 1.807) is 0 Å². The number of hydrogen-bond donors (Lipinski definition) is 2. The molecule has 2 N–H and O–H groups in total. The van der Waals surface area contributed by atoms with Crippen molar-refractivity contribution in [3.63, 3.8) is 0 Å². The molecule has 0 saturated heterocycles. The molecular weight excluding hydrogens is 142 g/mol. The zero-order valence-corrected chi connectivity index (χ0v) is 5.24. The first-order valence-corrected chi connectivity index (χ1v) is 2.66. The lowest BCUT2D eigenvalue weighted by atomic mass is 10.3. The molecule has 0 saturated carbocycles. The molecule has 0 bridgehead atoms. The van der Waals surface area contributed by atoms with E-state index in [1.807, 2.05) is 4.98 Å². The molecule has 56 valence electrons. The van der Waals surface area contributed by atoms with Gasteiger partial charge in [-0.2, -0.15) is 8.78 Å². The largest absolute Gasteiger partial charge is 0.323 e. The molecular formula is C5H6F2N2O. The third kappa shape index (κ3) is 1.23. The normalized spacial score (nSPS) is 11.9. The van der Waals surface area contributed by atoms with Gasteiger partial charge < -0.3 is 9.97 Å². The van der Waals surface area contributed by atoms with Gasteiger partial charge in [0, 0.05) is 13.1 Å². The van der Waals surface area contributed by atoms with Crippen LogP contribution in [0.3, 0.4) is 0 Å². The maximum absolute atomic E-state index is 12.3. The minimum absolute atomic E-state index is 0.391. The Balaban J connectivity index is 3.07. The average molecular weight is 148 g/mol. The number of halogens is 2. The molecule has 0 unspecified atom stereocenters. The first-order valence-electron chi connectivity index (χ1n) is 2.66. The number of aromatic nitrogens is 2. The maximum Gasteiger partial charge on any atom is 0.323 e. The summed E-state index contributed by atoms with van der Waals surface area (Å²) in [5.41, 5.74) is -1.01. The van der Waals surface area contributed by atoms with Crippen LogP contribution in [0.1, 0.15) is 12.6 Å². The zero-order valence-electron chi connectivity index (χ0n) is 5.24. The van der Waals surface area contributed by atoms with Crippen LogP contribution in [-0.2, 0) is 5.92 Å². The van der Waals surface area contributed by atoms with Crippen LogP contribution in [0.15, 0.2) is 11.0 Å². The Morgan fingerprint density at radius 1 is 1.60 bits per heavy atom. The lowest BCUT2D eigenvalue weighted by Crippen LogP contribution is -2.10. The number of aromatic amines is 2. The molecule has 1 heterocycles. The minimum Gasteiger partial charge on any atom is -0.312 e. The van der Waals surface area contributed by atoms with Gasteiger partial charge in [-0.1, -0.05) is 0 Å². The number of rotatable bonds is 1. The molecule has 0 aliphatic carbocycles. The second kappa shape index (κ2) is 1.93. The Hall–Kier alpha value is -1.13. The van der Waals surface area contributed by atoms with E-state index in [9.17, 15) is 13.6 Å². The maximum atomic E-state index is 12.3. The quantitative estimate of drug-likeness (QED) is 0.608. The number of hydrogen-bond acceptors (Lipinski definition) is 1. The predicted molar refractivity (Wildman–Crippen MR) is 31.0 cm³/mol. The molecule has 1 rings (SSSR count). The fourth-order valence-electron chi connectivity index (χ4n) is 0.569. The van der Waals surface area contributed by atoms with Gasteiger partial charge in [0.2, 0.25) is 0 Å². The van der Waals surface area contributed by atoms with Crippen molar-refractivity contribution in [2.75, 3.05) is 0 Å². The van der Waals surface area contributed by atoms with E-state index in [0.29, 0.717) is 6.92 Å². The van der Waals surface area contributed by atoms with Gasteiger partial charge in [0.15, 0.2) is 0 Å². The van der Waals surface area contributed by atoms with Gasteiger partial charge in [0.25, 0.3) is 5.92 Å². The summed E-state index contributed by atoms with van der Waals surface area (Å²) in [6.45, 7) is 0.714. The van der Waals surface area contributed by atoms with Gasteiger partial charge in [-0.15, -0.1) is 0 Å². The minimum atomic E-state index is -2.97. The van der Waals surface area contributed by atoms with Gasteiger partial charge >= 0.3 is 5.69 Å². The Labute approximate surface area is 55.1 Å². The first kappa shape index (κ1) is 6.98. The van der Waals surface area contributed by atoms with E-state index in [0.717, 1.165) is 6.20 Å². The molecule has 0 fully saturated rings. The number of imidazole rings is 1. The number of nitrogens with one attached hydrogen (secondary N) is 2. The molecule has 1 aromatic heterocycles. The summed E-state index contributed by atoms with van der Waals surface area (Å²) >= 11 is 0. The zero-order chi connectivity index (χ0) is 7.78. The molecule has 0 radical (unpaired) electrons. The highest BCUT2D eigenvalue weighted by atomic mass is 19.3. The molecule has 0 atom stereocenters. The monoisotopic (exact) mass is 148 g/mol. The van der Waals surface area contributed by atoms with Crippen LogP contribution >= 0.6 is 0 Å². The second-order valence-corrected chi connectivity index (χ2v) is 2.04. The fourth-order valence-corrected chi connectivity index (χ4v) is 0.569. The standard InChI is InChI=1S/C5H6F2N2O/c1-5(6,7)3-2-8-4(10)9-3/h2H,1H3,(H2,8,9,10). The third-order valence-corrected chi connectivity index (χ3v) is 1.07. The van der Waals surface area contributed by atoms with Crippen molar-refractivity contribution >= 4 is 0 Å². The second-order valence-electron chi connectivity index (χ2n) is 2.04. The summed E-state index contributed by atoms with van der Waals surface area (Å²) < 4.78 is 24.6. The van der Waals surface area contributed by atoms with Gasteiger partial charge in [-0.05, 0) is 0 Å². The topological polar surface area (TPSA) is 48.6 Å². The predicted octanol–water partition coefficient (Wildman–Crippen LogP) is 0.815. The van der Waals surface area contributed by atoms with Crippen LogP contribution in [0, 0.1) is 0 Å². The number of H-pyrrole nitrogens is 2. The van der Waals surface area contributed by atoms with E-state index in [-0.39, 0.29) is 0 Å². The third-order valence-electron chi connectivity index (χ3n) is 1.07. The first-order chi connectivity index (χ1) is 4.50. The summed E-state index contributed by atoms with van der Waals surface area (Å²) in [4.78, 5) is 14.3. The molecule has 0 aromatic carbocycles. The van der Waals surface area contributed by atoms with Crippen LogP contribution in [0.25, 0.3) is 0 Å². The lowest BCUT2D eigenvalue weighted by Gasteiger charge is -2.04. The SMILES string of the molecule is CC(F)(F)c1c[nH]c(=O)[nH]1. The highest BCUT2D eigenvalue weighted by Crippen LogP contribution is 2.22. The van der Waals surface area contributed by atoms with Crippen molar-refractivity contribution in [2.24, 2.45) is 0 Å². The Morgan fingerprint density at radius 2 is 2.20 bits per heavy atom.